The molecule has 0 aliphatic heterocycles. The molecule has 0 aliphatic carbocycles. The topological polar surface area (TPSA) is 254 Å². The van der Waals surface area contributed by atoms with E-state index in [2.05, 4.69) is 30.4 Å². The molecule has 3 aromatic carbocycles. The summed E-state index contributed by atoms with van der Waals surface area (Å²) in [6.45, 7) is 0.287. The molecular weight excluding hydrogens is 607 g/mol. The zero-order chi connectivity index (χ0) is 32.8. The number of nitrogen functional groups attached to an aromatic ring is 1. The zero-order valence-electron chi connectivity index (χ0n) is 23.4. The summed E-state index contributed by atoms with van der Waals surface area (Å²) in [4.78, 5) is 76.2. The first-order valence-corrected chi connectivity index (χ1v) is 12.9. The standard InChI is InChI=1S/C19H14FN7O6.C9H11NO2.CH4/c20-9-2-1-7(3-8(9)6-22-13-12(21)14(28)15(13)29)5-23-16(30)10-4-11(17(31)32)27-18(24-10)25-19(33)26-27;1-12-9(11)8-4-2-7(6-10)3-5-8;/h1-4,22H,5-6,21H2,(H,23,30)(H,26,33)(H,31,32);2-5H,6,10H2,1H3;1H4. The van der Waals surface area contributed by atoms with Crippen LogP contribution in [0.2, 0.25) is 0 Å². The molecule has 17 heteroatoms. The van der Waals surface area contributed by atoms with Crippen molar-refractivity contribution in [2.24, 2.45) is 5.73 Å². The molecule has 0 fully saturated rings. The number of esters is 1. The van der Waals surface area contributed by atoms with E-state index in [1.54, 1.807) is 12.1 Å². The highest BCUT2D eigenvalue weighted by Gasteiger charge is 2.19. The highest BCUT2D eigenvalue weighted by molar-refractivity contribution is 5.95. The Balaban J connectivity index is 0.000000375. The summed E-state index contributed by atoms with van der Waals surface area (Å²) in [6, 6.07) is 12.0. The number of hydrogen-bond donors (Lipinski definition) is 6. The fourth-order valence-corrected chi connectivity index (χ4v) is 3.97. The van der Waals surface area contributed by atoms with E-state index in [0.717, 1.165) is 22.2 Å². The number of nitrogens with two attached hydrogens (primary N) is 2. The van der Waals surface area contributed by atoms with E-state index in [1.807, 2.05) is 12.1 Å². The van der Waals surface area contributed by atoms with Crippen molar-refractivity contribution in [2.45, 2.75) is 27.1 Å². The molecule has 0 radical (unpaired) electrons. The molecule has 0 unspecified atom stereocenters. The number of carbonyl (C=O) groups excluding carboxylic acids is 2. The van der Waals surface area contributed by atoms with Gasteiger partial charge in [0.05, 0.1) is 12.7 Å². The number of hydrogen-bond acceptors (Lipinski definition) is 12. The van der Waals surface area contributed by atoms with Gasteiger partial charge in [-0.3, -0.25) is 14.4 Å². The number of methoxy groups -OCH3 is 1. The summed E-state index contributed by atoms with van der Waals surface area (Å²) in [6.07, 6.45) is 0. The number of aromatic carboxylic acids is 1. The average Bonchev–Trinajstić information content (AvgIpc) is 3.43. The second-order valence-electron chi connectivity index (χ2n) is 9.30. The molecule has 240 valence electrons. The summed E-state index contributed by atoms with van der Waals surface area (Å²) < 4.78 is 19.5. The van der Waals surface area contributed by atoms with E-state index in [9.17, 15) is 38.3 Å². The third kappa shape index (κ3) is 7.45. The van der Waals surface area contributed by atoms with Crippen LogP contribution in [0.1, 0.15) is 55.5 Å². The molecule has 5 rings (SSSR count). The lowest BCUT2D eigenvalue weighted by Crippen LogP contribution is -2.37. The second-order valence-corrected chi connectivity index (χ2v) is 9.30. The molecule has 0 aliphatic rings. The van der Waals surface area contributed by atoms with Gasteiger partial charge in [-0.05, 0) is 35.4 Å². The van der Waals surface area contributed by atoms with E-state index < -0.39 is 39.9 Å². The van der Waals surface area contributed by atoms with Crippen LogP contribution in [-0.2, 0) is 24.4 Å². The number of carbonyl (C=O) groups is 3. The molecule has 2 heterocycles. The van der Waals surface area contributed by atoms with E-state index >= 15 is 0 Å². The number of H-pyrrole nitrogens is 1. The van der Waals surface area contributed by atoms with Crippen molar-refractivity contribution in [3.05, 3.63) is 119 Å². The molecule has 5 aromatic rings. The maximum Gasteiger partial charge on any atom is 0.363 e. The maximum absolute atomic E-state index is 14.1. The lowest BCUT2D eigenvalue weighted by atomic mass is 10.1. The minimum atomic E-state index is -1.41. The quantitative estimate of drug-likeness (QED) is 0.0955. The van der Waals surface area contributed by atoms with Crippen LogP contribution >= 0.6 is 0 Å². The van der Waals surface area contributed by atoms with Crippen LogP contribution in [0.4, 0.5) is 15.8 Å². The molecule has 46 heavy (non-hydrogen) atoms. The third-order valence-corrected chi connectivity index (χ3v) is 6.37. The predicted molar refractivity (Wildman–Crippen MR) is 164 cm³/mol. The van der Waals surface area contributed by atoms with Gasteiger partial charge in [0.2, 0.25) is 0 Å². The van der Waals surface area contributed by atoms with E-state index in [-0.39, 0.29) is 54.9 Å². The first-order chi connectivity index (χ1) is 21.4. The number of carboxylic acid groups (broad SMARTS) is 1. The van der Waals surface area contributed by atoms with Crippen LogP contribution in [0.5, 0.6) is 0 Å². The Morgan fingerprint density at radius 2 is 1.67 bits per heavy atom. The number of nitrogens with one attached hydrogen (secondary N) is 3. The molecule has 2 aromatic heterocycles. The number of ether oxygens (including phenoxy) is 1. The highest BCUT2D eigenvalue weighted by atomic mass is 19.1. The van der Waals surface area contributed by atoms with Crippen molar-refractivity contribution >= 4 is 35.0 Å². The first-order valence-electron chi connectivity index (χ1n) is 12.9. The fourth-order valence-electron chi connectivity index (χ4n) is 3.97. The van der Waals surface area contributed by atoms with Gasteiger partial charge in [0.1, 0.15) is 22.9 Å². The number of rotatable bonds is 9. The Morgan fingerprint density at radius 1 is 1.00 bits per heavy atom. The molecule has 0 saturated heterocycles. The van der Waals surface area contributed by atoms with Gasteiger partial charge in [-0.25, -0.2) is 33.4 Å². The molecular formula is C29H29FN8O8. The Kier molecular flexibility index (Phi) is 10.8. The summed E-state index contributed by atoms with van der Waals surface area (Å²) in [7, 11) is 1.36. The Morgan fingerprint density at radius 3 is 2.28 bits per heavy atom. The van der Waals surface area contributed by atoms with Crippen LogP contribution in [-0.4, -0.2) is 49.6 Å². The van der Waals surface area contributed by atoms with Crippen molar-refractivity contribution < 1.29 is 28.6 Å². The molecule has 8 N–H and O–H groups in total. The minimum Gasteiger partial charge on any atom is -0.477 e. The van der Waals surface area contributed by atoms with Crippen molar-refractivity contribution in [3.63, 3.8) is 0 Å². The molecule has 0 bridgehead atoms. The monoisotopic (exact) mass is 636 g/mol. The maximum atomic E-state index is 14.1. The van der Waals surface area contributed by atoms with Gasteiger partial charge >= 0.3 is 17.6 Å². The number of anilines is 2. The van der Waals surface area contributed by atoms with Gasteiger partial charge in [0.15, 0.2) is 5.69 Å². The summed E-state index contributed by atoms with van der Waals surface area (Å²) >= 11 is 0. The number of carboxylic acids is 1. The van der Waals surface area contributed by atoms with Crippen molar-refractivity contribution in [1.82, 2.24) is 24.9 Å². The smallest absolute Gasteiger partial charge is 0.363 e. The van der Waals surface area contributed by atoms with Crippen molar-refractivity contribution in [2.75, 3.05) is 18.2 Å². The Hall–Kier alpha value is -6.23. The second kappa shape index (κ2) is 14.5. The number of aromatic nitrogens is 4. The molecule has 16 nitrogen and oxygen atoms in total. The van der Waals surface area contributed by atoms with E-state index in [4.69, 9.17) is 11.5 Å². The number of halogens is 1. The number of nitrogens with zero attached hydrogens (tertiary/aromatic N) is 3. The summed E-state index contributed by atoms with van der Waals surface area (Å²) in [5.41, 5.74) is 9.59. The van der Waals surface area contributed by atoms with Crippen LogP contribution < -0.4 is 38.6 Å². The van der Waals surface area contributed by atoms with E-state index in [1.165, 1.54) is 19.2 Å². The number of benzene rings is 2. The largest absolute Gasteiger partial charge is 0.477 e. The van der Waals surface area contributed by atoms with Gasteiger partial charge in [0.25, 0.3) is 22.5 Å². The lowest BCUT2D eigenvalue weighted by Gasteiger charge is -2.12. The minimum absolute atomic E-state index is 0. The third-order valence-electron chi connectivity index (χ3n) is 6.37. The average molecular weight is 637 g/mol. The van der Waals surface area contributed by atoms with Gasteiger partial charge in [-0.1, -0.05) is 25.6 Å². The van der Waals surface area contributed by atoms with Gasteiger partial charge in [0, 0.05) is 31.3 Å². The van der Waals surface area contributed by atoms with Crippen molar-refractivity contribution in [3.8, 4) is 0 Å². The summed E-state index contributed by atoms with van der Waals surface area (Å²) in [5.74, 6) is -3.37. The normalized spacial score (nSPS) is 10.4. The van der Waals surface area contributed by atoms with Gasteiger partial charge in [-0.2, -0.15) is 4.98 Å². The first kappa shape index (κ1) is 34.3. The lowest BCUT2D eigenvalue weighted by molar-refractivity contribution is 0.0599. The number of aromatic amines is 1. The van der Waals surface area contributed by atoms with Gasteiger partial charge < -0.3 is 31.9 Å². The predicted octanol–water partition coefficient (Wildman–Crippen LogP) is 0.543. The fraction of sp³-hybridized carbons (Fsp3) is 0.172. The highest BCUT2D eigenvalue weighted by Crippen LogP contribution is 2.15. The van der Waals surface area contributed by atoms with Gasteiger partial charge in [-0.15, -0.1) is 0 Å². The Labute approximate surface area is 258 Å². The molecule has 0 atom stereocenters. The van der Waals surface area contributed by atoms with Crippen LogP contribution in [0.15, 0.2) is 62.9 Å². The Bertz CT molecular complexity index is 2050. The molecule has 0 saturated carbocycles. The number of fused-ring (bicyclic) bond motifs is 1. The van der Waals surface area contributed by atoms with Crippen LogP contribution in [0.3, 0.4) is 0 Å². The molecule has 1 amide bonds. The van der Waals surface area contributed by atoms with E-state index in [0.29, 0.717) is 17.7 Å². The SMILES string of the molecule is C.COC(=O)c1ccc(CN)cc1.Nc1c(NCc2cc(CNC(=O)c3cc(C(=O)O)n4[nH]c(=O)nc4n3)ccc2F)c(=O)c1=O. The van der Waals surface area contributed by atoms with Crippen molar-refractivity contribution in [1.29, 1.82) is 0 Å². The van der Waals surface area contributed by atoms with Crippen LogP contribution in [0.25, 0.3) is 5.78 Å². The summed E-state index contributed by atoms with van der Waals surface area (Å²) in [5, 5.41) is 16.6. The molecule has 0 spiro atoms. The number of amides is 1. The zero-order valence-corrected chi connectivity index (χ0v) is 23.4. The van der Waals surface area contributed by atoms with Crippen LogP contribution in [0, 0.1) is 5.82 Å².